The van der Waals surface area contributed by atoms with Gasteiger partial charge in [-0.05, 0) is 23.6 Å². The second kappa shape index (κ2) is 10.1. The van der Waals surface area contributed by atoms with Crippen LogP contribution < -0.4 is 4.74 Å². The number of para-hydroxylation sites is 1. The lowest BCUT2D eigenvalue weighted by Crippen LogP contribution is -2.30. The Morgan fingerprint density at radius 3 is 2.48 bits per heavy atom. The highest BCUT2D eigenvalue weighted by molar-refractivity contribution is 6.18. The lowest BCUT2D eigenvalue weighted by molar-refractivity contribution is 0.210. The van der Waals surface area contributed by atoms with Crippen LogP contribution in [-0.2, 0) is 13.0 Å². The molecule has 122 valence electrons. The van der Waals surface area contributed by atoms with Gasteiger partial charge in [-0.2, -0.15) is 0 Å². The van der Waals surface area contributed by atoms with E-state index in [0.717, 1.165) is 31.8 Å². The van der Waals surface area contributed by atoms with Crippen LogP contribution in [0.3, 0.4) is 0 Å². The third kappa shape index (κ3) is 6.09. The fourth-order valence-electron chi connectivity index (χ4n) is 2.48. The number of hydrogen-bond donors (Lipinski definition) is 0. The monoisotopic (exact) mass is 329 g/mol. The molecular formula is C20H24ClNO. The van der Waals surface area contributed by atoms with Gasteiger partial charge in [-0.15, -0.1) is 18.2 Å². The standard InChI is InChI=1S/C20H24ClNO/c1-2-8-19-11-6-7-12-20(19)23-16-15-22(14-13-21)17-18-9-4-3-5-10-18/h2-7,9-12H,1,8,13-17H2. The van der Waals surface area contributed by atoms with E-state index in [9.17, 15) is 0 Å². The quantitative estimate of drug-likeness (QED) is 0.469. The van der Waals surface area contributed by atoms with Crippen molar-refractivity contribution in [3.63, 3.8) is 0 Å². The van der Waals surface area contributed by atoms with Crippen LogP contribution >= 0.6 is 11.6 Å². The molecule has 0 bridgehead atoms. The Morgan fingerprint density at radius 1 is 1.00 bits per heavy atom. The highest BCUT2D eigenvalue weighted by Gasteiger charge is 2.07. The van der Waals surface area contributed by atoms with Gasteiger partial charge in [0.2, 0.25) is 0 Å². The first kappa shape index (κ1) is 17.6. The zero-order chi connectivity index (χ0) is 16.3. The first-order valence-electron chi connectivity index (χ1n) is 7.97. The van der Waals surface area contributed by atoms with E-state index in [2.05, 4.69) is 41.8 Å². The van der Waals surface area contributed by atoms with E-state index in [1.54, 1.807) is 0 Å². The molecule has 0 aliphatic rings. The lowest BCUT2D eigenvalue weighted by atomic mass is 10.1. The maximum atomic E-state index is 5.97. The Labute approximate surface area is 144 Å². The first-order chi connectivity index (χ1) is 11.3. The van der Waals surface area contributed by atoms with E-state index < -0.39 is 0 Å². The molecule has 23 heavy (non-hydrogen) atoms. The summed E-state index contributed by atoms with van der Waals surface area (Å²) in [6.07, 6.45) is 2.73. The van der Waals surface area contributed by atoms with E-state index in [-0.39, 0.29) is 0 Å². The van der Waals surface area contributed by atoms with Gasteiger partial charge in [0.05, 0.1) is 0 Å². The van der Waals surface area contributed by atoms with Gasteiger partial charge in [0.25, 0.3) is 0 Å². The molecule has 0 aromatic heterocycles. The minimum Gasteiger partial charge on any atom is -0.492 e. The van der Waals surface area contributed by atoms with E-state index in [0.29, 0.717) is 12.5 Å². The number of ether oxygens (including phenoxy) is 1. The number of benzene rings is 2. The summed E-state index contributed by atoms with van der Waals surface area (Å²) >= 11 is 5.93. The second-order valence-corrected chi connectivity index (χ2v) is 5.78. The van der Waals surface area contributed by atoms with Crippen molar-refractivity contribution < 1.29 is 4.74 Å². The summed E-state index contributed by atoms with van der Waals surface area (Å²) in [6.45, 7) is 7.05. The maximum Gasteiger partial charge on any atom is 0.122 e. The van der Waals surface area contributed by atoms with Gasteiger partial charge in [-0.25, -0.2) is 0 Å². The molecule has 0 spiro atoms. The molecule has 0 N–H and O–H groups in total. The van der Waals surface area contributed by atoms with Crippen molar-refractivity contribution >= 4 is 11.6 Å². The molecule has 2 rings (SSSR count). The Hall–Kier alpha value is -1.77. The van der Waals surface area contributed by atoms with Crippen LogP contribution in [0.2, 0.25) is 0 Å². The molecule has 0 atom stereocenters. The Bertz CT molecular complexity index is 585. The number of nitrogens with zero attached hydrogens (tertiary/aromatic N) is 1. The molecule has 0 aliphatic heterocycles. The molecule has 0 aliphatic carbocycles. The van der Waals surface area contributed by atoms with Gasteiger partial charge in [0.15, 0.2) is 0 Å². The number of alkyl halides is 1. The van der Waals surface area contributed by atoms with Crippen molar-refractivity contribution in [2.75, 3.05) is 25.6 Å². The van der Waals surface area contributed by atoms with Crippen LogP contribution in [-0.4, -0.2) is 30.5 Å². The smallest absolute Gasteiger partial charge is 0.122 e. The number of hydrogen-bond acceptors (Lipinski definition) is 2. The zero-order valence-electron chi connectivity index (χ0n) is 13.5. The SMILES string of the molecule is C=CCc1ccccc1OCCN(CCCl)Cc1ccccc1. The molecule has 0 radical (unpaired) electrons. The van der Waals surface area contributed by atoms with Crippen LogP contribution in [0.1, 0.15) is 11.1 Å². The molecule has 0 saturated heterocycles. The summed E-state index contributed by atoms with van der Waals surface area (Å²) in [4.78, 5) is 2.32. The summed E-state index contributed by atoms with van der Waals surface area (Å²) in [7, 11) is 0. The molecule has 3 heteroatoms. The summed E-state index contributed by atoms with van der Waals surface area (Å²) < 4.78 is 5.97. The Balaban J connectivity index is 1.88. The highest BCUT2D eigenvalue weighted by Crippen LogP contribution is 2.18. The Kier molecular flexibility index (Phi) is 7.71. The largest absolute Gasteiger partial charge is 0.492 e. The molecule has 0 unspecified atom stereocenters. The van der Waals surface area contributed by atoms with Crippen molar-refractivity contribution in [1.82, 2.24) is 4.90 Å². The number of allylic oxidation sites excluding steroid dienone is 1. The van der Waals surface area contributed by atoms with Crippen molar-refractivity contribution in [3.8, 4) is 5.75 Å². The summed E-state index contributed by atoms with van der Waals surface area (Å²) in [5, 5.41) is 0. The van der Waals surface area contributed by atoms with Crippen molar-refractivity contribution in [2.24, 2.45) is 0 Å². The van der Waals surface area contributed by atoms with Gasteiger partial charge in [0, 0.05) is 25.5 Å². The van der Waals surface area contributed by atoms with Gasteiger partial charge in [-0.1, -0.05) is 54.6 Å². The average Bonchev–Trinajstić information content (AvgIpc) is 2.58. The highest BCUT2D eigenvalue weighted by atomic mass is 35.5. The van der Waals surface area contributed by atoms with E-state index >= 15 is 0 Å². The predicted molar refractivity (Wildman–Crippen MR) is 98.3 cm³/mol. The van der Waals surface area contributed by atoms with Crippen LogP contribution in [0.4, 0.5) is 0 Å². The lowest BCUT2D eigenvalue weighted by Gasteiger charge is -2.22. The average molecular weight is 330 g/mol. The van der Waals surface area contributed by atoms with E-state index in [1.807, 2.05) is 30.3 Å². The molecular weight excluding hydrogens is 306 g/mol. The molecule has 2 aromatic carbocycles. The number of rotatable bonds is 10. The molecule has 0 amide bonds. The summed E-state index contributed by atoms with van der Waals surface area (Å²) in [5.41, 5.74) is 2.47. The van der Waals surface area contributed by atoms with E-state index in [4.69, 9.17) is 16.3 Å². The van der Waals surface area contributed by atoms with Gasteiger partial charge in [-0.3, -0.25) is 4.90 Å². The fraction of sp³-hybridized carbons (Fsp3) is 0.300. The topological polar surface area (TPSA) is 12.5 Å². The first-order valence-corrected chi connectivity index (χ1v) is 8.50. The van der Waals surface area contributed by atoms with Crippen molar-refractivity contribution in [3.05, 3.63) is 78.4 Å². The zero-order valence-corrected chi connectivity index (χ0v) is 14.2. The van der Waals surface area contributed by atoms with Crippen molar-refractivity contribution in [1.29, 1.82) is 0 Å². The van der Waals surface area contributed by atoms with Gasteiger partial charge < -0.3 is 4.74 Å². The molecule has 0 heterocycles. The summed E-state index contributed by atoms with van der Waals surface area (Å²) in [5.74, 6) is 1.57. The maximum absolute atomic E-state index is 5.97. The molecule has 2 nitrogen and oxygen atoms in total. The second-order valence-electron chi connectivity index (χ2n) is 5.40. The normalized spacial score (nSPS) is 10.7. The fourth-order valence-corrected chi connectivity index (χ4v) is 2.72. The molecule has 0 fully saturated rings. The predicted octanol–water partition coefficient (Wildman–Crippen LogP) is 4.53. The van der Waals surface area contributed by atoms with Gasteiger partial charge >= 0.3 is 0 Å². The number of halogens is 1. The van der Waals surface area contributed by atoms with Crippen molar-refractivity contribution in [2.45, 2.75) is 13.0 Å². The minimum atomic E-state index is 0.625. The third-order valence-electron chi connectivity index (χ3n) is 3.65. The molecule has 2 aromatic rings. The van der Waals surface area contributed by atoms with Crippen LogP contribution in [0.15, 0.2) is 67.3 Å². The third-order valence-corrected chi connectivity index (χ3v) is 3.82. The summed E-state index contributed by atoms with van der Waals surface area (Å²) in [6, 6.07) is 18.6. The van der Waals surface area contributed by atoms with E-state index in [1.165, 1.54) is 11.1 Å². The van der Waals surface area contributed by atoms with Crippen LogP contribution in [0.25, 0.3) is 0 Å². The van der Waals surface area contributed by atoms with Crippen LogP contribution in [0, 0.1) is 0 Å². The Morgan fingerprint density at radius 2 is 1.74 bits per heavy atom. The van der Waals surface area contributed by atoms with Gasteiger partial charge in [0.1, 0.15) is 12.4 Å². The minimum absolute atomic E-state index is 0.625. The molecule has 0 saturated carbocycles. The van der Waals surface area contributed by atoms with Crippen LogP contribution in [0.5, 0.6) is 5.75 Å².